The number of benzene rings is 2. The van der Waals surface area contributed by atoms with Crippen LogP contribution in [0.25, 0.3) is 0 Å². The molecule has 4 heteroatoms. The van der Waals surface area contributed by atoms with Crippen molar-refractivity contribution in [1.82, 2.24) is 5.32 Å². The summed E-state index contributed by atoms with van der Waals surface area (Å²) < 4.78 is 0. The van der Waals surface area contributed by atoms with Crippen LogP contribution in [-0.2, 0) is 0 Å². The summed E-state index contributed by atoms with van der Waals surface area (Å²) in [5.74, 6) is -0.234. The van der Waals surface area contributed by atoms with Crippen LogP contribution in [0.2, 0.25) is 0 Å². The Bertz CT molecular complexity index is 599. The highest BCUT2D eigenvalue weighted by Crippen LogP contribution is 2.23. The zero-order chi connectivity index (χ0) is 14.5. The van der Waals surface area contributed by atoms with Crippen molar-refractivity contribution in [2.75, 3.05) is 6.54 Å². The number of nitrogens with one attached hydrogen (secondary N) is 1. The molecular weight excluding hydrogens is 318 g/mol. The summed E-state index contributed by atoms with van der Waals surface area (Å²) in [4.78, 5) is 12.1. The fraction of sp³-hybridized carbons (Fsp3) is 0.188. The Balaban J connectivity index is 2.01. The maximum absolute atomic E-state index is 12.1. The van der Waals surface area contributed by atoms with Crippen LogP contribution < -0.4 is 5.32 Å². The van der Waals surface area contributed by atoms with Crippen molar-refractivity contribution in [2.45, 2.75) is 11.8 Å². The van der Waals surface area contributed by atoms with E-state index in [1.165, 1.54) is 0 Å². The number of carbonyl (C=O) groups is 1. The molecule has 0 aliphatic heterocycles. The summed E-state index contributed by atoms with van der Waals surface area (Å²) in [7, 11) is 0. The van der Waals surface area contributed by atoms with E-state index in [-0.39, 0.29) is 16.5 Å². The average molecular weight is 334 g/mol. The topological polar surface area (TPSA) is 49.3 Å². The first-order chi connectivity index (χ1) is 9.59. The van der Waals surface area contributed by atoms with Crippen LogP contribution in [0.1, 0.15) is 26.3 Å². The second kappa shape index (κ2) is 6.57. The van der Waals surface area contributed by atoms with E-state index in [1.54, 1.807) is 25.1 Å². The van der Waals surface area contributed by atoms with Gasteiger partial charge in [0, 0.05) is 6.54 Å². The Hall–Kier alpha value is -1.81. The Labute approximate surface area is 126 Å². The number of hydrogen-bond donors (Lipinski definition) is 2. The molecule has 0 aliphatic carbocycles. The van der Waals surface area contributed by atoms with Gasteiger partial charge in [-0.25, -0.2) is 0 Å². The van der Waals surface area contributed by atoms with Crippen molar-refractivity contribution < 1.29 is 9.90 Å². The molecule has 2 aromatic rings. The summed E-state index contributed by atoms with van der Waals surface area (Å²) in [5, 5.41) is 12.7. The van der Waals surface area contributed by atoms with E-state index < -0.39 is 0 Å². The number of phenols is 1. The second-order valence-corrected chi connectivity index (χ2v) is 5.66. The van der Waals surface area contributed by atoms with Crippen molar-refractivity contribution in [3.63, 3.8) is 0 Å². The largest absolute Gasteiger partial charge is 0.507 e. The Kier molecular flexibility index (Phi) is 4.79. The Morgan fingerprint density at radius 3 is 2.60 bits per heavy atom. The number of hydrogen-bond acceptors (Lipinski definition) is 2. The number of halogens is 1. The van der Waals surface area contributed by atoms with E-state index in [1.807, 2.05) is 30.3 Å². The predicted octanol–water partition coefficient (Wildman–Crippen LogP) is 3.57. The number of rotatable bonds is 4. The molecule has 0 aliphatic rings. The van der Waals surface area contributed by atoms with Gasteiger partial charge in [0.2, 0.25) is 0 Å². The summed E-state index contributed by atoms with van der Waals surface area (Å²) >= 11 is 3.54. The number of phenolic OH excluding ortho intramolecular Hbond substituents is 1. The summed E-state index contributed by atoms with van der Waals surface area (Å²) in [6, 6.07) is 15.0. The molecule has 0 bridgehead atoms. The predicted molar refractivity (Wildman–Crippen MR) is 83.3 cm³/mol. The number of aromatic hydroxyl groups is 1. The molecule has 2 aromatic carbocycles. The average Bonchev–Trinajstić information content (AvgIpc) is 2.48. The normalized spacial score (nSPS) is 11.9. The number of alkyl halides is 1. The second-order valence-electron chi connectivity index (χ2n) is 4.56. The van der Waals surface area contributed by atoms with E-state index in [0.717, 1.165) is 5.56 Å². The lowest BCUT2D eigenvalue weighted by molar-refractivity contribution is 0.0951. The maximum Gasteiger partial charge on any atom is 0.255 e. The highest BCUT2D eigenvalue weighted by atomic mass is 79.9. The Morgan fingerprint density at radius 2 is 1.90 bits per heavy atom. The van der Waals surface area contributed by atoms with E-state index in [4.69, 9.17) is 0 Å². The number of aryl methyl sites for hydroxylation is 1. The van der Waals surface area contributed by atoms with Gasteiger partial charge in [-0.15, -0.1) is 0 Å². The quantitative estimate of drug-likeness (QED) is 0.840. The van der Waals surface area contributed by atoms with Crippen molar-refractivity contribution in [1.29, 1.82) is 0 Å². The molecule has 1 amide bonds. The fourth-order valence-corrected chi connectivity index (χ4v) is 2.37. The number of carbonyl (C=O) groups excluding carboxylic acids is 1. The van der Waals surface area contributed by atoms with Crippen molar-refractivity contribution >= 4 is 21.8 Å². The third-order valence-electron chi connectivity index (χ3n) is 3.09. The van der Waals surface area contributed by atoms with Crippen LogP contribution in [0.15, 0.2) is 48.5 Å². The van der Waals surface area contributed by atoms with Gasteiger partial charge in [0.15, 0.2) is 0 Å². The van der Waals surface area contributed by atoms with Crippen LogP contribution in [-0.4, -0.2) is 17.6 Å². The zero-order valence-electron chi connectivity index (χ0n) is 11.1. The molecule has 0 heterocycles. The molecule has 20 heavy (non-hydrogen) atoms. The van der Waals surface area contributed by atoms with Crippen molar-refractivity contribution in [2.24, 2.45) is 0 Å². The van der Waals surface area contributed by atoms with Gasteiger partial charge in [-0.3, -0.25) is 4.79 Å². The molecule has 0 saturated heterocycles. The minimum atomic E-state index is -0.272. The van der Waals surface area contributed by atoms with Gasteiger partial charge in [-0.1, -0.05) is 58.4 Å². The molecule has 0 aromatic heterocycles. The van der Waals surface area contributed by atoms with Crippen LogP contribution in [0.3, 0.4) is 0 Å². The summed E-state index contributed by atoms with van der Waals surface area (Å²) in [6.07, 6.45) is 0. The van der Waals surface area contributed by atoms with Gasteiger partial charge in [0.1, 0.15) is 5.75 Å². The van der Waals surface area contributed by atoms with E-state index in [2.05, 4.69) is 21.2 Å². The smallest absolute Gasteiger partial charge is 0.255 e. The van der Waals surface area contributed by atoms with Crippen LogP contribution in [0.4, 0.5) is 0 Å². The lowest BCUT2D eigenvalue weighted by Gasteiger charge is -2.12. The Morgan fingerprint density at radius 1 is 1.20 bits per heavy atom. The molecule has 2 rings (SSSR count). The van der Waals surface area contributed by atoms with Gasteiger partial charge < -0.3 is 10.4 Å². The van der Waals surface area contributed by atoms with E-state index >= 15 is 0 Å². The molecule has 104 valence electrons. The first-order valence-electron chi connectivity index (χ1n) is 6.35. The van der Waals surface area contributed by atoms with Gasteiger partial charge in [-0.2, -0.15) is 0 Å². The molecule has 0 fully saturated rings. The standard InChI is InChI=1S/C16H16BrNO2/c1-11-6-5-9-13(15(11)19)16(20)18-10-14(17)12-7-3-2-4-8-12/h2-9,14,19H,10H2,1H3,(H,18,20). The highest BCUT2D eigenvalue weighted by molar-refractivity contribution is 9.09. The van der Waals surface area contributed by atoms with Crippen LogP contribution in [0, 0.1) is 6.92 Å². The lowest BCUT2D eigenvalue weighted by atomic mass is 10.1. The molecule has 3 nitrogen and oxygen atoms in total. The molecule has 2 N–H and O–H groups in total. The lowest BCUT2D eigenvalue weighted by Crippen LogP contribution is -2.26. The third-order valence-corrected chi connectivity index (χ3v) is 3.94. The first kappa shape index (κ1) is 14.6. The van der Waals surface area contributed by atoms with Crippen molar-refractivity contribution in [3.05, 3.63) is 65.2 Å². The summed E-state index contributed by atoms with van der Waals surface area (Å²) in [5.41, 5.74) is 2.09. The molecule has 1 unspecified atom stereocenters. The molecular formula is C16H16BrNO2. The minimum Gasteiger partial charge on any atom is -0.507 e. The van der Waals surface area contributed by atoms with Gasteiger partial charge in [0.25, 0.3) is 5.91 Å². The monoisotopic (exact) mass is 333 g/mol. The third kappa shape index (κ3) is 3.39. The van der Waals surface area contributed by atoms with Crippen LogP contribution >= 0.6 is 15.9 Å². The molecule has 1 atom stereocenters. The number of amides is 1. The summed E-state index contributed by atoms with van der Waals surface area (Å²) in [6.45, 7) is 2.22. The van der Waals surface area contributed by atoms with Gasteiger partial charge in [-0.05, 0) is 24.1 Å². The van der Waals surface area contributed by atoms with E-state index in [9.17, 15) is 9.90 Å². The number of para-hydroxylation sites is 1. The van der Waals surface area contributed by atoms with Crippen molar-refractivity contribution in [3.8, 4) is 5.75 Å². The molecule has 0 saturated carbocycles. The molecule has 0 radical (unpaired) electrons. The van der Waals surface area contributed by atoms with Gasteiger partial charge in [0.05, 0.1) is 10.4 Å². The zero-order valence-corrected chi connectivity index (χ0v) is 12.7. The minimum absolute atomic E-state index is 0.0378. The fourth-order valence-electron chi connectivity index (χ4n) is 1.90. The highest BCUT2D eigenvalue weighted by Gasteiger charge is 2.14. The van der Waals surface area contributed by atoms with E-state index in [0.29, 0.717) is 17.7 Å². The SMILES string of the molecule is Cc1cccc(C(=O)NCC(Br)c2ccccc2)c1O. The maximum atomic E-state index is 12.1. The first-order valence-corrected chi connectivity index (χ1v) is 7.27. The molecule has 0 spiro atoms. The van der Waals surface area contributed by atoms with Crippen LogP contribution in [0.5, 0.6) is 5.75 Å². The van der Waals surface area contributed by atoms with Gasteiger partial charge >= 0.3 is 0 Å².